The Kier molecular flexibility index (Phi) is 5.69. The van der Waals surface area contributed by atoms with Crippen molar-refractivity contribution in [2.75, 3.05) is 26.2 Å². The minimum atomic E-state index is -3.65. The van der Waals surface area contributed by atoms with E-state index < -0.39 is 10.0 Å². The van der Waals surface area contributed by atoms with Gasteiger partial charge in [-0.3, -0.25) is 4.79 Å². The third-order valence-corrected chi connectivity index (χ3v) is 8.28. The Balaban J connectivity index is 1.82. The van der Waals surface area contributed by atoms with E-state index in [0.29, 0.717) is 28.3 Å². The standard InChI is InChI=1S/C21H27N3O4S/c1-14-15(2)17(4)20(18(5)16(14)3)29(27,28)24-12-10-22(11-13-24)21(25)19-6-8-23(26)9-7-19/h6-9H,10-13H2,1-5H3. The number of hydrogen-bond donors (Lipinski definition) is 0. The third kappa shape index (κ3) is 3.74. The highest BCUT2D eigenvalue weighted by Crippen LogP contribution is 2.32. The summed E-state index contributed by atoms with van der Waals surface area (Å²) in [5, 5.41) is 11.2. The molecule has 1 aliphatic rings. The van der Waals surface area contributed by atoms with Crippen LogP contribution in [0.5, 0.6) is 0 Å². The van der Waals surface area contributed by atoms with Crippen molar-refractivity contribution in [3.05, 3.63) is 63.1 Å². The average Bonchev–Trinajstić information content (AvgIpc) is 2.71. The van der Waals surface area contributed by atoms with Crippen molar-refractivity contribution in [3.63, 3.8) is 0 Å². The second-order valence-electron chi connectivity index (χ2n) is 7.60. The molecule has 0 saturated carbocycles. The molecule has 0 radical (unpaired) electrons. The highest BCUT2D eigenvalue weighted by atomic mass is 32.2. The van der Waals surface area contributed by atoms with E-state index in [-0.39, 0.29) is 19.0 Å². The largest absolute Gasteiger partial charge is 0.619 e. The van der Waals surface area contributed by atoms with Gasteiger partial charge in [-0.25, -0.2) is 8.42 Å². The molecule has 7 nitrogen and oxygen atoms in total. The summed E-state index contributed by atoms with van der Waals surface area (Å²) in [5.41, 5.74) is 5.13. The summed E-state index contributed by atoms with van der Waals surface area (Å²) in [6.45, 7) is 10.8. The van der Waals surface area contributed by atoms with E-state index in [1.807, 2.05) is 34.6 Å². The van der Waals surface area contributed by atoms with Crippen molar-refractivity contribution < 1.29 is 17.9 Å². The van der Waals surface area contributed by atoms with Gasteiger partial charge < -0.3 is 10.1 Å². The zero-order chi connectivity index (χ0) is 21.5. The predicted molar refractivity (Wildman–Crippen MR) is 110 cm³/mol. The maximum Gasteiger partial charge on any atom is 0.254 e. The minimum Gasteiger partial charge on any atom is -0.619 e. The van der Waals surface area contributed by atoms with Crippen LogP contribution in [0.15, 0.2) is 29.4 Å². The van der Waals surface area contributed by atoms with Crippen molar-refractivity contribution >= 4 is 15.9 Å². The zero-order valence-electron chi connectivity index (χ0n) is 17.5. The predicted octanol–water partition coefficient (Wildman–Crippen LogP) is 2.01. The summed E-state index contributed by atoms with van der Waals surface area (Å²) in [6.07, 6.45) is 2.56. The van der Waals surface area contributed by atoms with Gasteiger partial charge in [0.25, 0.3) is 5.91 Å². The average molecular weight is 418 g/mol. The topological polar surface area (TPSA) is 84.6 Å². The lowest BCUT2D eigenvalue weighted by atomic mass is 9.95. The van der Waals surface area contributed by atoms with E-state index in [9.17, 15) is 18.4 Å². The fourth-order valence-electron chi connectivity index (χ4n) is 3.85. The molecule has 156 valence electrons. The van der Waals surface area contributed by atoms with Gasteiger partial charge in [0.2, 0.25) is 10.0 Å². The smallest absolute Gasteiger partial charge is 0.254 e. The molecule has 1 saturated heterocycles. The molecule has 3 rings (SSSR count). The summed E-state index contributed by atoms with van der Waals surface area (Å²) in [7, 11) is -3.65. The lowest BCUT2D eigenvalue weighted by Crippen LogP contribution is -2.50. The van der Waals surface area contributed by atoms with Gasteiger partial charge in [-0.15, -0.1) is 0 Å². The van der Waals surface area contributed by atoms with Crippen LogP contribution in [0.2, 0.25) is 0 Å². The Bertz CT molecular complexity index is 1030. The van der Waals surface area contributed by atoms with Crippen LogP contribution in [0, 0.1) is 39.8 Å². The number of nitrogens with zero attached hydrogens (tertiary/aromatic N) is 3. The summed E-state index contributed by atoms with van der Waals surface area (Å²) >= 11 is 0. The molecular formula is C21H27N3O4S. The van der Waals surface area contributed by atoms with Gasteiger partial charge in [0, 0.05) is 38.3 Å². The molecule has 0 bridgehead atoms. The first-order chi connectivity index (χ1) is 13.6. The molecule has 0 unspecified atom stereocenters. The molecule has 2 heterocycles. The number of pyridine rings is 1. The molecule has 0 atom stereocenters. The highest BCUT2D eigenvalue weighted by Gasteiger charge is 2.33. The maximum absolute atomic E-state index is 13.4. The van der Waals surface area contributed by atoms with Crippen molar-refractivity contribution in [1.82, 2.24) is 9.21 Å². The first-order valence-electron chi connectivity index (χ1n) is 9.61. The minimum absolute atomic E-state index is 0.197. The number of sulfonamides is 1. The Labute approximate surface area is 172 Å². The molecule has 1 aromatic carbocycles. The van der Waals surface area contributed by atoms with Crippen LogP contribution >= 0.6 is 0 Å². The highest BCUT2D eigenvalue weighted by molar-refractivity contribution is 7.89. The SMILES string of the molecule is Cc1c(C)c(C)c(S(=O)(=O)N2CCN(C(=O)c3cc[n+]([O-])cc3)CC2)c(C)c1C. The second-order valence-corrected chi connectivity index (χ2v) is 9.47. The van der Waals surface area contributed by atoms with Crippen LogP contribution in [0.4, 0.5) is 0 Å². The van der Waals surface area contributed by atoms with Gasteiger partial charge in [0.1, 0.15) is 0 Å². The Morgan fingerprint density at radius 2 is 1.31 bits per heavy atom. The van der Waals surface area contributed by atoms with E-state index in [2.05, 4.69) is 0 Å². The van der Waals surface area contributed by atoms with E-state index in [1.165, 1.54) is 28.8 Å². The molecule has 1 amide bonds. The first-order valence-corrected chi connectivity index (χ1v) is 11.0. The number of hydrogen-bond acceptors (Lipinski definition) is 4. The number of rotatable bonds is 3. The van der Waals surface area contributed by atoms with Gasteiger partial charge in [-0.2, -0.15) is 9.04 Å². The summed E-state index contributed by atoms with van der Waals surface area (Å²) in [5.74, 6) is -0.197. The maximum atomic E-state index is 13.4. The number of aromatic nitrogens is 1. The molecule has 29 heavy (non-hydrogen) atoms. The lowest BCUT2D eigenvalue weighted by molar-refractivity contribution is -0.605. The van der Waals surface area contributed by atoms with Crippen molar-refractivity contribution in [2.24, 2.45) is 0 Å². The van der Waals surface area contributed by atoms with Crippen LogP contribution < -0.4 is 4.73 Å². The normalized spacial score (nSPS) is 15.6. The van der Waals surface area contributed by atoms with E-state index in [4.69, 9.17) is 0 Å². The number of amides is 1. The first kappa shape index (κ1) is 21.3. The molecule has 1 aromatic heterocycles. The van der Waals surface area contributed by atoms with Gasteiger partial charge in [-0.1, -0.05) is 0 Å². The van der Waals surface area contributed by atoms with Gasteiger partial charge in [0.05, 0.1) is 10.5 Å². The second kappa shape index (κ2) is 7.76. The molecule has 2 aromatic rings. The van der Waals surface area contributed by atoms with Crippen molar-refractivity contribution in [3.8, 4) is 0 Å². The van der Waals surface area contributed by atoms with Crippen molar-refractivity contribution in [2.45, 2.75) is 39.5 Å². The monoisotopic (exact) mass is 417 g/mol. The molecule has 1 aliphatic heterocycles. The van der Waals surface area contributed by atoms with Gasteiger partial charge in [-0.05, 0) is 62.4 Å². The van der Waals surface area contributed by atoms with E-state index in [1.54, 1.807) is 4.90 Å². The van der Waals surface area contributed by atoms with Crippen LogP contribution in [-0.2, 0) is 10.0 Å². The van der Waals surface area contributed by atoms with Gasteiger partial charge >= 0.3 is 0 Å². The summed E-state index contributed by atoms with van der Waals surface area (Å²) < 4.78 is 28.9. The quantitative estimate of drug-likeness (QED) is 0.565. The van der Waals surface area contributed by atoms with Crippen LogP contribution in [0.3, 0.4) is 0 Å². The molecule has 0 aliphatic carbocycles. The Hall–Kier alpha value is -2.45. The Morgan fingerprint density at radius 3 is 1.79 bits per heavy atom. The molecule has 1 fully saturated rings. The van der Waals surface area contributed by atoms with E-state index in [0.717, 1.165) is 27.8 Å². The molecule has 0 N–H and O–H groups in total. The number of benzene rings is 1. The third-order valence-electron chi connectivity index (χ3n) is 6.10. The zero-order valence-corrected chi connectivity index (χ0v) is 18.3. The van der Waals surface area contributed by atoms with Crippen LogP contribution in [0.1, 0.15) is 38.2 Å². The fourth-order valence-corrected chi connectivity index (χ4v) is 5.83. The number of carbonyl (C=O) groups excluding carboxylic acids is 1. The lowest BCUT2D eigenvalue weighted by Gasteiger charge is -2.35. The fraction of sp³-hybridized carbons (Fsp3) is 0.429. The molecule has 8 heteroatoms. The van der Waals surface area contributed by atoms with Crippen LogP contribution in [0.25, 0.3) is 0 Å². The Morgan fingerprint density at radius 1 is 0.862 bits per heavy atom. The molecular weight excluding hydrogens is 390 g/mol. The van der Waals surface area contributed by atoms with Crippen molar-refractivity contribution in [1.29, 1.82) is 0 Å². The number of piperazine rings is 1. The van der Waals surface area contributed by atoms with E-state index >= 15 is 0 Å². The van der Waals surface area contributed by atoms with Gasteiger partial charge in [0.15, 0.2) is 12.4 Å². The summed E-state index contributed by atoms with van der Waals surface area (Å²) in [4.78, 5) is 14.6. The molecule has 0 spiro atoms. The summed E-state index contributed by atoms with van der Waals surface area (Å²) in [6, 6.07) is 2.95. The number of carbonyl (C=O) groups is 1. The van der Waals surface area contributed by atoms with Crippen LogP contribution in [-0.4, -0.2) is 49.7 Å².